The first-order chi connectivity index (χ1) is 12.0. The van der Waals surface area contributed by atoms with E-state index >= 15 is 0 Å². The molecular formula is C19H23N3O2S. The molecule has 5 nitrogen and oxygen atoms in total. The van der Waals surface area contributed by atoms with Gasteiger partial charge in [0, 0.05) is 11.3 Å². The maximum absolute atomic E-state index is 5.34. The minimum Gasteiger partial charge on any atom is -0.493 e. The summed E-state index contributed by atoms with van der Waals surface area (Å²) in [6, 6.07) is 11.7. The van der Waals surface area contributed by atoms with E-state index in [1.807, 2.05) is 57.2 Å². The summed E-state index contributed by atoms with van der Waals surface area (Å²) in [6.45, 7) is 5.97. The largest absolute Gasteiger partial charge is 0.493 e. The Morgan fingerprint density at radius 2 is 1.64 bits per heavy atom. The van der Waals surface area contributed by atoms with Gasteiger partial charge in [-0.25, -0.2) is 0 Å². The third-order valence-electron chi connectivity index (χ3n) is 3.85. The van der Waals surface area contributed by atoms with Crippen LogP contribution in [0.3, 0.4) is 0 Å². The third kappa shape index (κ3) is 4.70. The molecule has 0 unspecified atom stereocenters. The van der Waals surface area contributed by atoms with Gasteiger partial charge in [-0.05, 0) is 62.3 Å². The van der Waals surface area contributed by atoms with Crippen molar-refractivity contribution in [2.75, 3.05) is 19.5 Å². The molecule has 2 aromatic rings. The highest BCUT2D eigenvalue weighted by molar-refractivity contribution is 7.80. The zero-order valence-electron chi connectivity index (χ0n) is 15.1. The number of benzene rings is 2. The Balaban J connectivity index is 2.09. The van der Waals surface area contributed by atoms with Gasteiger partial charge in [0.1, 0.15) is 0 Å². The number of ether oxygens (including phenoxy) is 2. The molecule has 6 heteroatoms. The molecule has 2 rings (SSSR count). The second kappa shape index (κ2) is 8.48. The highest BCUT2D eigenvalue weighted by Crippen LogP contribution is 2.27. The summed E-state index contributed by atoms with van der Waals surface area (Å²) in [5.74, 6) is 1.34. The van der Waals surface area contributed by atoms with Crippen LogP contribution in [0.15, 0.2) is 41.5 Å². The van der Waals surface area contributed by atoms with E-state index in [1.165, 1.54) is 0 Å². The van der Waals surface area contributed by atoms with Gasteiger partial charge in [-0.15, -0.1) is 0 Å². The molecule has 0 bridgehead atoms. The Morgan fingerprint density at radius 1 is 1.00 bits per heavy atom. The number of aryl methyl sites for hydroxylation is 2. The Hall–Kier alpha value is -2.60. The van der Waals surface area contributed by atoms with Crippen molar-refractivity contribution in [2.24, 2.45) is 5.10 Å². The van der Waals surface area contributed by atoms with Crippen molar-refractivity contribution < 1.29 is 9.47 Å². The first-order valence-corrected chi connectivity index (χ1v) is 8.27. The quantitative estimate of drug-likeness (QED) is 0.481. The maximum Gasteiger partial charge on any atom is 0.191 e. The lowest BCUT2D eigenvalue weighted by Crippen LogP contribution is -2.25. The van der Waals surface area contributed by atoms with Crippen LogP contribution in [0.4, 0.5) is 5.69 Å². The number of hydrogen-bond acceptors (Lipinski definition) is 4. The van der Waals surface area contributed by atoms with Crippen molar-refractivity contribution >= 4 is 28.7 Å². The van der Waals surface area contributed by atoms with Crippen LogP contribution < -0.4 is 20.2 Å². The van der Waals surface area contributed by atoms with Crippen LogP contribution in [0.5, 0.6) is 11.5 Å². The number of rotatable bonds is 5. The summed E-state index contributed by atoms with van der Waals surface area (Å²) in [4.78, 5) is 0. The Kier molecular flexibility index (Phi) is 6.36. The summed E-state index contributed by atoms with van der Waals surface area (Å²) < 4.78 is 10.6. The maximum atomic E-state index is 5.34. The van der Waals surface area contributed by atoms with Crippen LogP contribution in [-0.2, 0) is 0 Å². The third-order valence-corrected chi connectivity index (χ3v) is 4.04. The highest BCUT2D eigenvalue weighted by atomic mass is 32.1. The molecule has 0 aromatic heterocycles. The van der Waals surface area contributed by atoms with Crippen LogP contribution in [0, 0.1) is 13.8 Å². The predicted octanol–water partition coefficient (Wildman–Crippen LogP) is 4.03. The summed E-state index contributed by atoms with van der Waals surface area (Å²) in [6.07, 6.45) is 0. The highest BCUT2D eigenvalue weighted by Gasteiger charge is 2.07. The summed E-state index contributed by atoms with van der Waals surface area (Å²) >= 11 is 5.34. The molecule has 0 radical (unpaired) electrons. The number of nitrogens with zero attached hydrogens (tertiary/aromatic N) is 1. The SMILES string of the molecule is COc1ccc(/C(C)=N/NC(=S)Nc2c(C)cccc2C)cc1OC. The molecule has 0 aliphatic heterocycles. The summed E-state index contributed by atoms with van der Waals surface area (Å²) in [5, 5.41) is 7.98. The number of hydrogen-bond donors (Lipinski definition) is 2. The van der Waals surface area contributed by atoms with Crippen LogP contribution in [-0.4, -0.2) is 25.0 Å². The number of thiocarbonyl (C=S) groups is 1. The molecule has 132 valence electrons. The van der Waals surface area contributed by atoms with E-state index < -0.39 is 0 Å². The first kappa shape index (κ1) is 18.7. The number of anilines is 1. The van der Waals surface area contributed by atoms with Gasteiger partial charge in [0.25, 0.3) is 0 Å². The van der Waals surface area contributed by atoms with Crippen molar-refractivity contribution in [1.82, 2.24) is 5.43 Å². The molecule has 0 aliphatic carbocycles. The fraction of sp³-hybridized carbons (Fsp3) is 0.263. The minimum absolute atomic E-state index is 0.442. The second-order valence-electron chi connectivity index (χ2n) is 5.60. The molecule has 0 fully saturated rings. The first-order valence-electron chi connectivity index (χ1n) is 7.86. The van der Waals surface area contributed by atoms with Crippen LogP contribution >= 0.6 is 12.2 Å². The van der Waals surface area contributed by atoms with Gasteiger partial charge < -0.3 is 14.8 Å². The zero-order valence-corrected chi connectivity index (χ0v) is 16.0. The molecule has 2 N–H and O–H groups in total. The Morgan fingerprint density at radius 3 is 2.24 bits per heavy atom. The Labute approximate surface area is 154 Å². The lowest BCUT2D eigenvalue weighted by Gasteiger charge is -2.13. The van der Waals surface area contributed by atoms with Gasteiger partial charge in [-0.2, -0.15) is 5.10 Å². The lowest BCUT2D eigenvalue weighted by molar-refractivity contribution is 0.355. The van der Waals surface area contributed by atoms with Crippen molar-refractivity contribution in [3.8, 4) is 11.5 Å². The molecule has 0 saturated heterocycles. The number of hydrazone groups is 1. The average molecular weight is 357 g/mol. The van der Waals surface area contributed by atoms with Gasteiger partial charge in [0.05, 0.1) is 19.9 Å². The summed E-state index contributed by atoms with van der Waals surface area (Å²) in [5.41, 5.74) is 7.84. The minimum atomic E-state index is 0.442. The van der Waals surface area contributed by atoms with E-state index in [0.717, 1.165) is 28.1 Å². The molecule has 0 aliphatic rings. The Bertz CT molecular complexity index is 783. The second-order valence-corrected chi connectivity index (χ2v) is 6.01. The van der Waals surface area contributed by atoms with Gasteiger partial charge in [-0.1, -0.05) is 18.2 Å². The average Bonchev–Trinajstić information content (AvgIpc) is 2.62. The van der Waals surface area contributed by atoms with Crippen molar-refractivity contribution in [1.29, 1.82) is 0 Å². The van der Waals surface area contributed by atoms with Crippen molar-refractivity contribution in [2.45, 2.75) is 20.8 Å². The molecule has 2 aromatic carbocycles. The number of para-hydroxylation sites is 1. The molecule has 0 spiro atoms. The molecule has 0 atom stereocenters. The van der Waals surface area contributed by atoms with Crippen LogP contribution in [0.1, 0.15) is 23.6 Å². The van der Waals surface area contributed by atoms with E-state index in [9.17, 15) is 0 Å². The van der Waals surface area contributed by atoms with Crippen LogP contribution in [0.25, 0.3) is 0 Å². The van der Waals surface area contributed by atoms with Crippen molar-refractivity contribution in [3.63, 3.8) is 0 Å². The standard InChI is InChI=1S/C19H23N3O2S/c1-12-7-6-8-13(2)18(12)20-19(25)22-21-14(3)15-9-10-16(23-4)17(11-15)24-5/h6-11H,1-5H3,(H2,20,22,25)/b21-14+. The number of methoxy groups -OCH3 is 2. The zero-order chi connectivity index (χ0) is 18.4. The van der Waals surface area contributed by atoms with Crippen LogP contribution in [0.2, 0.25) is 0 Å². The molecule has 0 saturated carbocycles. The van der Waals surface area contributed by atoms with Gasteiger partial charge in [0.2, 0.25) is 0 Å². The van der Waals surface area contributed by atoms with Crippen molar-refractivity contribution in [3.05, 3.63) is 53.1 Å². The monoisotopic (exact) mass is 357 g/mol. The van der Waals surface area contributed by atoms with E-state index in [0.29, 0.717) is 16.6 Å². The normalized spacial score (nSPS) is 11.0. The molecule has 25 heavy (non-hydrogen) atoms. The van der Waals surface area contributed by atoms with E-state index in [1.54, 1.807) is 14.2 Å². The van der Waals surface area contributed by atoms with Gasteiger partial charge in [0.15, 0.2) is 16.6 Å². The fourth-order valence-electron chi connectivity index (χ4n) is 2.41. The fourth-order valence-corrected chi connectivity index (χ4v) is 2.56. The predicted molar refractivity (Wildman–Crippen MR) is 107 cm³/mol. The molecular weight excluding hydrogens is 334 g/mol. The smallest absolute Gasteiger partial charge is 0.191 e. The van der Waals surface area contributed by atoms with Gasteiger partial charge in [-0.3, -0.25) is 5.43 Å². The summed E-state index contributed by atoms with van der Waals surface area (Å²) in [7, 11) is 3.22. The molecule has 0 amide bonds. The van der Waals surface area contributed by atoms with E-state index in [2.05, 4.69) is 15.8 Å². The lowest BCUT2D eigenvalue weighted by atomic mass is 10.1. The van der Waals surface area contributed by atoms with E-state index in [4.69, 9.17) is 21.7 Å². The topological polar surface area (TPSA) is 54.9 Å². The molecule has 0 heterocycles. The van der Waals surface area contributed by atoms with Gasteiger partial charge >= 0.3 is 0 Å². The number of nitrogens with one attached hydrogen (secondary N) is 2. The van der Waals surface area contributed by atoms with E-state index in [-0.39, 0.29) is 0 Å².